The lowest BCUT2D eigenvalue weighted by Gasteiger charge is -2.34. The minimum atomic E-state index is -4.07. The third kappa shape index (κ3) is 4.24. The standard InChI is InChI=1S/C31H37N5O4S/c1-20-17-29(3,4)35(18-20)27-22(28(37)34-41(38,39)23-8-6-5-7-21(23)2)9-10-25(32-27)36-16-11-26(33-36)40-19-24-30(12-13-30)31(24)14-15-31/h5-11,16,20,24H,12-15,17-19H2,1-4H3,(H,34,37)/t20-/m0/s1. The van der Waals surface area contributed by atoms with E-state index in [4.69, 9.17) is 9.72 Å². The van der Waals surface area contributed by atoms with Crippen molar-refractivity contribution in [3.63, 3.8) is 0 Å². The van der Waals surface area contributed by atoms with E-state index in [0.717, 1.165) is 6.42 Å². The summed E-state index contributed by atoms with van der Waals surface area (Å²) in [6.07, 6.45) is 8.12. The highest BCUT2D eigenvalue weighted by molar-refractivity contribution is 7.90. The maximum atomic E-state index is 13.5. The summed E-state index contributed by atoms with van der Waals surface area (Å²) >= 11 is 0. The number of amides is 1. The molecule has 4 aliphatic rings. The van der Waals surface area contributed by atoms with Crippen LogP contribution >= 0.6 is 0 Å². The van der Waals surface area contributed by atoms with Crippen molar-refractivity contribution in [1.29, 1.82) is 0 Å². The number of carbonyl (C=O) groups excluding carboxylic acids is 1. The highest BCUT2D eigenvalue weighted by Crippen LogP contribution is 2.92. The molecule has 3 heterocycles. The van der Waals surface area contributed by atoms with Gasteiger partial charge in [0.2, 0.25) is 5.88 Å². The Labute approximate surface area is 241 Å². The van der Waals surface area contributed by atoms with Gasteiger partial charge in [0.05, 0.1) is 17.1 Å². The van der Waals surface area contributed by atoms with Crippen LogP contribution < -0.4 is 14.4 Å². The lowest BCUT2D eigenvalue weighted by Crippen LogP contribution is -2.41. The average molecular weight is 576 g/mol. The van der Waals surface area contributed by atoms with Gasteiger partial charge in [0.25, 0.3) is 15.9 Å². The van der Waals surface area contributed by atoms with Crippen LogP contribution in [-0.4, -0.2) is 47.8 Å². The largest absolute Gasteiger partial charge is 0.476 e. The Kier molecular flexibility index (Phi) is 5.69. The lowest BCUT2D eigenvalue weighted by atomic mass is 9.97. The van der Waals surface area contributed by atoms with Gasteiger partial charge in [0, 0.05) is 30.3 Å². The zero-order valence-electron chi connectivity index (χ0n) is 24.1. The van der Waals surface area contributed by atoms with E-state index < -0.39 is 15.9 Å². The number of benzene rings is 1. The summed E-state index contributed by atoms with van der Waals surface area (Å²) in [5.74, 6) is 1.88. The Morgan fingerprint density at radius 1 is 1.07 bits per heavy atom. The van der Waals surface area contributed by atoms with Crippen molar-refractivity contribution < 1.29 is 17.9 Å². The molecule has 41 heavy (non-hydrogen) atoms. The Balaban J connectivity index is 1.17. The van der Waals surface area contributed by atoms with Crippen molar-refractivity contribution in [1.82, 2.24) is 19.5 Å². The second-order valence-electron chi connectivity index (χ2n) is 13.2. The van der Waals surface area contributed by atoms with Gasteiger partial charge in [-0.3, -0.25) is 4.79 Å². The number of hydrogen-bond donors (Lipinski definition) is 1. The Hall–Kier alpha value is -3.40. The minimum absolute atomic E-state index is 0.0742. The maximum absolute atomic E-state index is 13.5. The second-order valence-corrected chi connectivity index (χ2v) is 14.9. The number of aryl methyl sites for hydroxylation is 1. The quantitative estimate of drug-likeness (QED) is 0.408. The summed E-state index contributed by atoms with van der Waals surface area (Å²) in [6, 6.07) is 11.8. The molecule has 3 aliphatic carbocycles. The number of rotatable bonds is 8. The van der Waals surface area contributed by atoms with Crippen molar-refractivity contribution in [2.24, 2.45) is 22.7 Å². The Morgan fingerprint density at radius 3 is 2.41 bits per heavy atom. The number of carbonyl (C=O) groups is 1. The molecule has 216 valence electrons. The number of ether oxygens (including phenoxy) is 1. The molecule has 1 atom stereocenters. The number of pyridine rings is 1. The van der Waals surface area contributed by atoms with Crippen molar-refractivity contribution >= 4 is 21.7 Å². The molecule has 3 saturated carbocycles. The number of anilines is 1. The van der Waals surface area contributed by atoms with Crippen molar-refractivity contribution in [3.8, 4) is 11.7 Å². The minimum Gasteiger partial charge on any atom is -0.476 e. The fourth-order valence-electron chi connectivity index (χ4n) is 7.80. The highest BCUT2D eigenvalue weighted by Gasteiger charge is 2.86. The van der Waals surface area contributed by atoms with Gasteiger partial charge in [-0.2, -0.15) is 0 Å². The van der Waals surface area contributed by atoms with Crippen LogP contribution in [0, 0.1) is 29.6 Å². The third-order valence-corrected chi connectivity index (χ3v) is 11.6. The maximum Gasteiger partial charge on any atom is 0.268 e. The summed E-state index contributed by atoms with van der Waals surface area (Å²) in [5.41, 5.74) is 1.66. The molecular weight excluding hydrogens is 538 g/mol. The molecule has 0 unspecified atom stereocenters. The van der Waals surface area contributed by atoms with Crippen molar-refractivity contribution in [3.05, 3.63) is 59.8 Å². The first kappa shape index (κ1) is 26.5. The Bertz CT molecular complexity index is 1640. The zero-order valence-corrected chi connectivity index (χ0v) is 24.9. The highest BCUT2D eigenvalue weighted by atomic mass is 32.2. The zero-order chi connectivity index (χ0) is 28.8. The van der Waals surface area contributed by atoms with E-state index in [2.05, 4.69) is 35.5 Å². The number of hydrogen-bond acceptors (Lipinski definition) is 7. The molecule has 2 spiro atoms. The molecule has 2 aromatic heterocycles. The summed E-state index contributed by atoms with van der Waals surface area (Å²) in [5, 5.41) is 4.64. The number of sulfonamides is 1. The lowest BCUT2D eigenvalue weighted by molar-refractivity contribution is 0.0981. The molecule has 1 saturated heterocycles. The average Bonchev–Trinajstić information content (AvgIpc) is 3.87. The monoisotopic (exact) mass is 575 g/mol. The van der Waals surface area contributed by atoms with E-state index in [1.807, 2.05) is 12.3 Å². The first-order valence-electron chi connectivity index (χ1n) is 14.6. The summed E-state index contributed by atoms with van der Waals surface area (Å²) in [7, 11) is -4.07. The first-order chi connectivity index (χ1) is 19.5. The topological polar surface area (TPSA) is 106 Å². The molecule has 7 rings (SSSR count). The second kappa shape index (κ2) is 8.80. The van der Waals surface area contributed by atoms with Gasteiger partial charge in [0.15, 0.2) is 5.82 Å². The number of nitrogens with zero attached hydrogens (tertiary/aromatic N) is 4. The van der Waals surface area contributed by atoms with Gasteiger partial charge in [-0.15, -0.1) is 5.10 Å². The van der Waals surface area contributed by atoms with Crippen LogP contribution in [0.15, 0.2) is 53.6 Å². The number of aromatic nitrogens is 3. The fourth-order valence-corrected chi connectivity index (χ4v) is 9.01. The van der Waals surface area contributed by atoms with Crippen molar-refractivity contribution in [2.75, 3.05) is 18.1 Å². The Morgan fingerprint density at radius 2 is 1.78 bits per heavy atom. The normalized spacial score (nSPS) is 23.1. The van der Waals surface area contributed by atoms with E-state index in [9.17, 15) is 13.2 Å². The molecule has 1 aromatic carbocycles. The van der Waals surface area contributed by atoms with Crippen LogP contribution in [0.4, 0.5) is 5.82 Å². The molecule has 10 heteroatoms. The summed E-state index contributed by atoms with van der Waals surface area (Å²) < 4.78 is 36.4. The van der Waals surface area contributed by atoms with Crippen molar-refractivity contribution in [2.45, 2.75) is 70.2 Å². The van der Waals surface area contributed by atoms with Crippen LogP contribution in [0.2, 0.25) is 0 Å². The van der Waals surface area contributed by atoms with Crippen LogP contribution in [0.3, 0.4) is 0 Å². The fraction of sp³-hybridized carbons (Fsp3) is 0.516. The molecule has 4 fully saturated rings. The molecule has 0 bridgehead atoms. The molecule has 1 aliphatic heterocycles. The van der Waals surface area contributed by atoms with E-state index in [-0.39, 0.29) is 16.0 Å². The van der Waals surface area contributed by atoms with Crippen LogP contribution in [0.1, 0.15) is 68.8 Å². The molecular formula is C31H37N5O4S. The van der Waals surface area contributed by atoms with E-state index >= 15 is 0 Å². The van der Waals surface area contributed by atoms with Gasteiger partial charge in [-0.05, 0) is 93.4 Å². The van der Waals surface area contributed by atoms with Crippen LogP contribution in [0.25, 0.3) is 5.82 Å². The van der Waals surface area contributed by atoms with E-state index in [1.165, 1.54) is 31.7 Å². The van der Waals surface area contributed by atoms with E-state index in [1.54, 1.807) is 41.9 Å². The SMILES string of the molecule is Cc1ccccc1S(=O)(=O)NC(=O)c1ccc(-n2ccc(OCC3C4(CC4)C34CC4)n2)nc1N1C[C@@H](C)CC1(C)C. The van der Waals surface area contributed by atoms with E-state index in [0.29, 0.717) is 58.9 Å². The van der Waals surface area contributed by atoms with Gasteiger partial charge >= 0.3 is 0 Å². The van der Waals surface area contributed by atoms with Gasteiger partial charge in [-0.25, -0.2) is 22.8 Å². The first-order valence-corrected chi connectivity index (χ1v) is 16.0. The number of nitrogens with one attached hydrogen (secondary N) is 1. The molecule has 3 aromatic rings. The van der Waals surface area contributed by atoms with Crippen LogP contribution in [0.5, 0.6) is 5.88 Å². The predicted molar refractivity (Wildman–Crippen MR) is 155 cm³/mol. The molecule has 9 nitrogen and oxygen atoms in total. The molecule has 1 amide bonds. The molecule has 0 radical (unpaired) electrons. The van der Waals surface area contributed by atoms with Gasteiger partial charge < -0.3 is 9.64 Å². The summed E-state index contributed by atoms with van der Waals surface area (Å²) in [4.78, 5) is 20.6. The summed E-state index contributed by atoms with van der Waals surface area (Å²) in [6.45, 7) is 9.52. The smallest absolute Gasteiger partial charge is 0.268 e. The van der Waals surface area contributed by atoms with Gasteiger partial charge in [-0.1, -0.05) is 25.1 Å². The third-order valence-electron chi connectivity index (χ3n) is 10.1. The predicted octanol–water partition coefficient (Wildman–Crippen LogP) is 4.89. The molecule has 1 N–H and O–H groups in total. The van der Waals surface area contributed by atoms with Crippen LogP contribution in [-0.2, 0) is 10.0 Å². The number of fused-ring (bicyclic) bond motifs is 1. The van der Waals surface area contributed by atoms with Gasteiger partial charge in [0.1, 0.15) is 5.82 Å².